The van der Waals surface area contributed by atoms with Gasteiger partial charge in [-0.15, -0.1) is 0 Å². The normalized spacial score (nSPS) is 14.2. The number of carbonyl (C=O) groups excluding carboxylic acids is 2. The number of hydrogen-bond acceptors (Lipinski definition) is 5. The maximum absolute atomic E-state index is 13.3. The molecule has 1 heterocycles. The maximum Gasteiger partial charge on any atom is 0.255 e. The van der Waals surface area contributed by atoms with Gasteiger partial charge in [-0.05, 0) is 62.2 Å². The molecule has 1 saturated heterocycles. The van der Waals surface area contributed by atoms with Crippen molar-refractivity contribution >= 4 is 28.9 Å². The van der Waals surface area contributed by atoms with E-state index in [4.69, 9.17) is 4.74 Å². The Hall–Kier alpha value is -4.00. The molecule has 2 amide bonds. The Kier molecular flexibility index (Phi) is 8.33. The summed E-state index contributed by atoms with van der Waals surface area (Å²) in [6.45, 7) is 9.08. The van der Waals surface area contributed by atoms with Gasteiger partial charge in [0.2, 0.25) is 0 Å². The van der Waals surface area contributed by atoms with Gasteiger partial charge >= 0.3 is 0 Å². The first-order chi connectivity index (χ1) is 17.9. The highest BCUT2D eigenvalue weighted by Crippen LogP contribution is 2.31. The zero-order chi connectivity index (χ0) is 26.4. The molecular formula is C30H36N4O3. The fourth-order valence-corrected chi connectivity index (χ4v) is 4.58. The zero-order valence-corrected chi connectivity index (χ0v) is 22.1. The second-order valence-corrected chi connectivity index (χ2v) is 9.43. The summed E-state index contributed by atoms with van der Waals surface area (Å²) in [7, 11) is 1.69. The van der Waals surface area contributed by atoms with Crippen molar-refractivity contribution in [3.8, 4) is 5.75 Å². The molecule has 0 saturated carbocycles. The van der Waals surface area contributed by atoms with E-state index in [1.807, 2.05) is 69.3 Å². The maximum atomic E-state index is 13.3. The van der Waals surface area contributed by atoms with Crippen molar-refractivity contribution in [1.82, 2.24) is 5.32 Å². The fraction of sp³-hybridized carbons (Fsp3) is 0.333. The van der Waals surface area contributed by atoms with Crippen LogP contribution in [0.1, 0.15) is 46.5 Å². The van der Waals surface area contributed by atoms with Crippen molar-refractivity contribution in [3.63, 3.8) is 0 Å². The van der Waals surface area contributed by atoms with E-state index in [1.165, 1.54) is 0 Å². The molecule has 3 aromatic carbocycles. The molecule has 7 heteroatoms. The number of aryl methyl sites for hydroxylation is 1. The number of rotatable bonds is 8. The summed E-state index contributed by atoms with van der Waals surface area (Å²) < 4.78 is 5.55. The fourth-order valence-electron chi connectivity index (χ4n) is 4.58. The Morgan fingerprint density at radius 2 is 1.51 bits per heavy atom. The number of anilines is 3. The van der Waals surface area contributed by atoms with Crippen molar-refractivity contribution in [2.24, 2.45) is 0 Å². The molecular weight excluding hydrogens is 464 g/mol. The molecule has 1 fully saturated rings. The van der Waals surface area contributed by atoms with Crippen LogP contribution in [0.25, 0.3) is 0 Å². The Balaban J connectivity index is 1.56. The van der Waals surface area contributed by atoms with E-state index in [-0.39, 0.29) is 17.9 Å². The number of nitrogens with one attached hydrogen (secondary N) is 2. The van der Waals surface area contributed by atoms with Gasteiger partial charge in [0.05, 0.1) is 18.4 Å². The lowest BCUT2D eigenvalue weighted by Crippen LogP contribution is -2.47. The number of hydrogen-bond donors (Lipinski definition) is 2. The molecule has 4 rings (SSSR count). The Morgan fingerprint density at radius 1 is 0.865 bits per heavy atom. The van der Waals surface area contributed by atoms with Gasteiger partial charge in [-0.1, -0.05) is 37.3 Å². The lowest BCUT2D eigenvalue weighted by molar-refractivity contribution is 0.0938. The Bertz CT molecular complexity index is 1250. The summed E-state index contributed by atoms with van der Waals surface area (Å²) in [6, 6.07) is 21.2. The van der Waals surface area contributed by atoms with Gasteiger partial charge in [0.15, 0.2) is 0 Å². The monoisotopic (exact) mass is 500 g/mol. The standard InChI is InChI=1S/C30H36N4O3/c1-5-22(3)31-30(36)25-20-23(32-29(35)24-11-7-6-10-21(24)2)14-15-26(25)33-16-18-34(19-17-33)27-12-8-9-13-28(27)37-4/h6-15,20,22H,5,16-19H2,1-4H3,(H,31,36)(H,32,35). The number of ether oxygens (including phenoxy) is 1. The van der Waals surface area contributed by atoms with Crippen molar-refractivity contribution in [2.45, 2.75) is 33.2 Å². The molecule has 1 aliphatic rings. The third-order valence-electron chi connectivity index (χ3n) is 6.92. The second-order valence-electron chi connectivity index (χ2n) is 9.43. The van der Waals surface area contributed by atoms with Crippen molar-refractivity contribution < 1.29 is 14.3 Å². The van der Waals surface area contributed by atoms with Crippen molar-refractivity contribution in [1.29, 1.82) is 0 Å². The van der Waals surface area contributed by atoms with Gasteiger partial charge < -0.3 is 25.2 Å². The van der Waals surface area contributed by atoms with Crippen LogP contribution in [0, 0.1) is 6.92 Å². The Labute approximate surface area is 219 Å². The van der Waals surface area contributed by atoms with Gasteiger partial charge in [0, 0.05) is 49.2 Å². The summed E-state index contributed by atoms with van der Waals surface area (Å²) in [5.41, 5.74) is 4.62. The average molecular weight is 501 g/mol. The molecule has 0 bridgehead atoms. The number of methoxy groups -OCH3 is 1. The van der Waals surface area contributed by atoms with Gasteiger partial charge in [-0.2, -0.15) is 0 Å². The van der Waals surface area contributed by atoms with E-state index in [1.54, 1.807) is 19.2 Å². The molecule has 1 aliphatic heterocycles. The number of para-hydroxylation sites is 2. The van der Waals surface area contributed by atoms with Crippen molar-refractivity contribution in [3.05, 3.63) is 83.4 Å². The molecule has 194 valence electrons. The molecule has 0 radical (unpaired) electrons. The first-order valence-electron chi connectivity index (χ1n) is 12.9. The minimum Gasteiger partial charge on any atom is -0.495 e. The SMILES string of the molecule is CCC(C)NC(=O)c1cc(NC(=O)c2ccccc2C)ccc1N1CCN(c2ccccc2OC)CC1. The first-order valence-corrected chi connectivity index (χ1v) is 12.9. The predicted octanol–water partition coefficient (Wildman–Crippen LogP) is 5.11. The van der Waals surface area contributed by atoms with Gasteiger partial charge in [0.25, 0.3) is 11.8 Å². The highest BCUT2D eigenvalue weighted by molar-refractivity contribution is 6.07. The number of amides is 2. The Morgan fingerprint density at radius 3 is 2.19 bits per heavy atom. The van der Waals surface area contributed by atoms with Crippen molar-refractivity contribution in [2.75, 3.05) is 48.4 Å². The van der Waals surface area contributed by atoms with Gasteiger partial charge in [-0.25, -0.2) is 0 Å². The van der Waals surface area contributed by atoms with E-state index in [0.717, 1.165) is 55.3 Å². The molecule has 0 aromatic heterocycles. The molecule has 37 heavy (non-hydrogen) atoms. The lowest BCUT2D eigenvalue weighted by atomic mass is 10.1. The molecule has 7 nitrogen and oxygen atoms in total. The quantitative estimate of drug-likeness (QED) is 0.450. The number of benzene rings is 3. The van der Waals surface area contributed by atoms with E-state index >= 15 is 0 Å². The zero-order valence-electron chi connectivity index (χ0n) is 22.1. The minimum absolute atomic E-state index is 0.0490. The van der Waals surface area contributed by atoms with Crippen LogP contribution in [0.2, 0.25) is 0 Å². The predicted molar refractivity (Wildman–Crippen MR) is 150 cm³/mol. The lowest BCUT2D eigenvalue weighted by Gasteiger charge is -2.38. The van der Waals surface area contributed by atoms with Crippen LogP contribution in [0.15, 0.2) is 66.7 Å². The summed E-state index contributed by atoms with van der Waals surface area (Å²) in [5.74, 6) is 0.534. The highest BCUT2D eigenvalue weighted by Gasteiger charge is 2.24. The van der Waals surface area contributed by atoms with E-state index in [2.05, 4.69) is 26.5 Å². The highest BCUT2D eigenvalue weighted by atomic mass is 16.5. The second kappa shape index (κ2) is 11.8. The van der Waals surface area contributed by atoms with E-state index in [9.17, 15) is 9.59 Å². The first kappa shape index (κ1) is 26.1. The van der Waals surface area contributed by atoms with E-state index in [0.29, 0.717) is 16.8 Å². The third-order valence-corrected chi connectivity index (χ3v) is 6.92. The van der Waals surface area contributed by atoms with Crippen LogP contribution >= 0.6 is 0 Å². The number of nitrogens with zero attached hydrogens (tertiary/aromatic N) is 2. The summed E-state index contributed by atoms with van der Waals surface area (Å²) in [6.07, 6.45) is 0.836. The summed E-state index contributed by atoms with van der Waals surface area (Å²) >= 11 is 0. The number of piperazine rings is 1. The molecule has 1 atom stereocenters. The molecule has 2 N–H and O–H groups in total. The molecule has 1 unspecified atom stereocenters. The van der Waals surface area contributed by atoms with Crippen LogP contribution in [0.5, 0.6) is 5.75 Å². The van der Waals surface area contributed by atoms with Gasteiger partial charge in [0.1, 0.15) is 5.75 Å². The van der Waals surface area contributed by atoms with Crippen LogP contribution < -0.4 is 25.2 Å². The smallest absolute Gasteiger partial charge is 0.255 e. The van der Waals surface area contributed by atoms with Crippen LogP contribution in [0.3, 0.4) is 0 Å². The largest absolute Gasteiger partial charge is 0.495 e. The molecule has 3 aromatic rings. The van der Waals surface area contributed by atoms with Crippen LogP contribution in [-0.2, 0) is 0 Å². The summed E-state index contributed by atoms with van der Waals surface area (Å²) in [5, 5.41) is 6.06. The third kappa shape index (κ3) is 6.05. The topological polar surface area (TPSA) is 73.9 Å². The average Bonchev–Trinajstić information content (AvgIpc) is 2.93. The van der Waals surface area contributed by atoms with Crippen LogP contribution in [0.4, 0.5) is 17.1 Å². The molecule has 0 spiro atoms. The van der Waals surface area contributed by atoms with Crippen LogP contribution in [-0.4, -0.2) is 51.1 Å². The minimum atomic E-state index is -0.190. The summed E-state index contributed by atoms with van der Waals surface area (Å²) in [4.78, 5) is 30.8. The molecule has 0 aliphatic carbocycles. The number of carbonyl (C=O) groups is 2. The van der Waals surface area contributed by atoms with Gasteiger partial charge in [-0.3, -0.25) is 9.59 Å². The van der Waals surface area contributed by atoms with E-state index < -0.39 is 0 Å².